The fourth-order valence-electron chi connectivity index (χ4n) is 3.59. The van der Waals surface area contributed by atoms with Crippen LogP contribution in [0.1, 0.15) is 55.6 Å². The van der Waals surface area contributed by atoms with Gasteiger partial charge in [-0.05, 0) is 12.8 Å². The van der Waals surface area contributed by atoms with Crippen LogP contribution in [0.15, 0.2) is 5.10 Å². The number of nitrogens with zero attached hydrogens (tertiary/aromatic N) is 3. The van der Waals surface area contributed by atoms with E-state index in [1.54, 1.807) is 11.3 Å². The van der Waals surface area contributed by atoms with E-state index in [0.29, 0.717) is 17.3 Å². The summed E-state index contributed by atoms with van der Waals surface area (Å²) in [5, 5.41) is 11.1. The zero-order chi connectivity index (χ0) is 15.1. The van der Waals surface area contributed by atoms with Gasteiger partial charge in [-0.3, -0.25) is 9.80 Å². The molecule has 1 fully saturated rings. The van der Waals surface area contributed by atoms with E-state index in [9.17, 15) is 4.79 Å². The summed E-state index contributed by atoms with van der Waals surface area (Å²) in [7, 11) is 0. The Morgan fingerprint density at radius 3 is 2.95 bits per heavy atom. The molecule has 0 bridgehead atoms. The summed E-state index contributed by atoms with van der Waals surface area (Å²) < 4.78 is 0. The van der Waals surface area contributed by atoms with Gasteiger partial charge in [0.2, 0.25) is 5.91 Å². The number of rotatable bonds is 2. The molecule has 118 valence electrons. The highest BCUT2D eigenvalue weighted by Gasteiger charge is 2.42. The molecule has 1 saturated carbocycles. The van der Waals surface area contributed by atoms with Gasteiger partial charge in [0, 0.05) is 24.9 Å². The van der Waals surface area contributed by atoms with Crippen molar-refractivity contribution in [2.24, 2.45) is 5.10 Å². The van der Waals surface area contributed by atoms with E-state index in [-0.39, 0.29) is 5.91 Å². The molecule has 1 amide bonds. The van der Waals surface area contributed by atoms with Gasteiger partial charge in [0.15, 0.2) is 5.13 Å². The lowest BCUT2D eigenvalue weighted by atomic mass is 9.94. The summed E-state index contributed by atoms with van der Waals surface area (Å²) >= 11 is 3.55. The lowest BCUT2D eigenvalue weighted by molar-refractivity contribution is -0.114. The van der Waals surface area contributed by atoms with Crippen LogP contribution in [0.4, 0.5) is 5.13 Å². The van der Waals surface area contributed by atoms with Crippen LogP contribution >= 0.6 is 23.1 Å². The number of thiazole rings is 1. The smallest absolute Gasteiger partial charge is 0.223 e. The van der Waals surface area contributed by atoms with E-state index >= 15 is 0 Å². The van der Waals surface area contributed by atoms with Crippen molar-refractivity contribution < 1.29 is 4.79 Å². The Morgan fingerprint density at radius 2 is 2.18 bits per heavy atom. The van der Waals surface area contributed by atoms with Crippen LogP contribution in [0.3, 0.4) is 0 Å². The van der Waals surface area contributed by atoms with E-state index in [2.05, 4.69) is 21.5 Å². The van der Waals surface area contributed by atoms with Crippen LogP contribution in [0, 0.1) is 0 Å². The number of carbonyl (C=O) groups is 1. The van der Waals surface area contributed by atoms with Crippen molar-refractivity contribution >= 4 is 40.4 Å². The third-order valence-electron chi connectivity index (χ3n) is 4.58. The predicted octanol–water partition coefficient (Wildman–Crippen LogP) is 3.39. The number of hydrogen-bond donors (Lipinski definition) is 1. The van der Waals surface area contributed by atoms with Crippen LogP contribution < -0.4 is 5.32 Å². The van der Waals surface area contributed by atoms with Gasteiger partial charge in [-0.1, -0.05) is 30.6 Å². The quantitative estimate of drug-likeness (QED) is 0.899. The molecule has 7 heteroatoms. The van der Waals surface area contributed by atoms with E-state index in [0.717, 1.165) is 16.6 Å². The van der Waals surface area contributed by atoms with Crippen molar-refractivity contribution in [3.63, 3.8) is 0 Å². The monoisotopic (exact) mass is 336 g/mol. The third-order valence-corrected chi connectivity index (χ3v) is 6.87. The minimum Gasteiger partial charge on any atom is -0.302 e. The standard InChI is InChI=1S/C15H20N4OS2/c1-9(20)17-15-18-11-8-21-12-7-16-19(13(12)14(11)22-15)10-5-3-2-4-6-10/h7,10,12-13H,2-6,8H2,1H3,(H,17,18,20). The predicted molar refractivity (Wildman–Crippen MR) is 91.4 cm³/mol. The number of aromatic nitrogens is 1. The van der Waals surface area contributed by atoms with Crippen LogP contribution in [-0.2, 0) is 10.5 Å². The number of carbonyl (C=O) groups excluding carboxylic acids is 1. The minimum absolute atomic E-state index is 0.0536. The molecule has 0 spiro atoms. The van der Waals surface area contributed by atoms with Crippen LogP contribution in [0.25, 0.3) is 0 Å². The zero-order valence-electron chi connectivity index (χ0n) is 12.6. The molecular formula is C15H20N4OS2. The SMILES string of the molecule is CC(=O)Nc1nc2c(s1)C1C(C=NN1C1CCCCC1)SC2. The van der Waals surface area contributed by atoms with Crippen LogP contribution in [-0.4, -0.2) is 33.4 Å². The summed E-state index contributed by atoms with van der Waals surface area (Å²) in [6.45, 7) is 1.53. The molecule has 1 aromatic heterocycles. The number of amides is 1. The molecule has 3 heterocycles. The first-order valence-corrected chi connectivity index (χ1v) is 9.80. The van der Waals surface area contributed by atoms with E-state index in [1.807, 2.05) is 11.8 Å². The summed E-state index contributed by atoms with van der Waals surface area (Å²) in [4.78, 5) is 17.2. The Balaban J connectivity index is 1.62. The van der Waals surface area contributed by atoms with Crippen LogP contribution in [0.2, 0.25) is 0 Å². The third kappa shape index (κ3) is 2.54. The summed E-state index contributed by atoms with van der Waals surface area (Å²) in [5.41, 5.74) is 1.13. The lowest BCUT2D eigenvalue weighted by Gasteiger charge is -2.37. The topological polar surface area (TPSA) is 57.6 Å². The maximum absolute atomic E-state index is 11.3. The largest absolute Gasteiger partial charge is 0.302 e. The molecule has 5 nitrogen and oxygen atoms in total. The van der Waals surface area contributed by atoms with E-state index in [1.165, 1.54) is 43.9 Å². The first kappa shape index (κ1) is 14.5. The second-order valence-corrected chi connectivity index (χ2v) is 8.36. The number of hydrazone groups is 1. The highest BCUT2D eigenvalue weighted by Crippen LogP contribution is 2.48. The Morgan fingerprint density at radius 1 is 1.36 bits per heavy atom. The number of thioether (sulfide) groups is 1. The first-order chi connectivity index (χ1) is 10.7. The Bertz CT molecular complexity index is 609. The maximum atomic E-state index is 11.3. The molecule has 3 aliphatic rings. The zero-order valence-corrected chi connectivity index (χ0v) is 14.3. The fraction of sp³-hybridized carbons (Fsp3) is 0.667. The van der Waals surface area contributed by atoms with Crippen molar-refractivity contribution in [3.8, 4) is 0 Å². The molecule has 0 saturated heterocycles. The molecule has 2 unspecified atom stereocenters. The molecule has 4 rings (SSSR count). The van der Waals surface area contributed by atoms with Crippen molar-refractivity contribution in [2.75, 3.05) is 5.32 Å². The van der Waals surface area contributed by atoms with Crippen LogP contribution in [0.5, 0.6) is 0 Å². The Hall–Kier alpha value is -1.08. The lowest BCUT2D eigenvalue weighted by Crippen LogP contribution is -2.37. The van der Waals surface area contributed by atoms with Crippen molar-refractivity contribution in [1.82, 2.24) is 9.99 Å². The Labute approximate surface area is 138 Å². The first-order valence-electron chi connectivity index (χ1n) is 7.93. The molecule has 1 N–H and O–H groups in total. The van der Waals surface area contributed by atoms with E-state index < -0.39 is 0 Å². The van der Waals surface area contributed by atoms with Gasteiger partial charge in [-0.25, -0.2) is 4.98 Å². The summed E-state index contributed by atoms with van der Waals surface area (Å²) in [5.74, 6) is 0.860. The molecule has 2 aliphatic heterocycles. The Kier molecular flexibility index (Phi) is 3.86. The van der Waals surface area contributed by atoms with E-state index in [4.69, 9.17) is 5.10 Å². The molecule has 1 aromatic rings. The van der Waals surface area contributed by atoms with Gasteiger partial charge < -0.3 is 5.32 Å². The molecule has 2 atom stereocenters. The minimum atomic E-state index is -0.0536. The second-order valence-electron chi connectivity index (χ2n) is 6.17. The highest BCUT2D eigenvalue weighted by molar-refractivity contribution is 7.99. The van der Waals surface area contributed by atoms with Crippen molar-refractivity contribution in [3.05, 3.63) is 10.6 Å². The van der Waals surface area contributed by atoms with Gasteiger partial charge in [0.25, 0.3) is 0 Å². The number of hydrogen-bond acceptors (Lipinski definition) is 6. The summed E-state index contributed by atoms with van der Waals surface area (Å²) in [6.07, 6.45) is 8.59. The number of anilines is 1. The molecule has 0 radical (unpaired) electrons. The van der Waals surface area contributed by atoms with Gasteiger partial charge in [0.1, 0.15) is 6.04 Å². The second kappa shape index (κ2) is 5.85. The molecule has 0 aromatic carbocycles. The average Bonchev–Trinajstić information content (AvgIpc) is 3.09. The van der Waals surface area contributed by atoms with Crippen molar-refractivity contribution in [1.29, 1.82) is 0 Å². The van der Waals surface area contributed by atoms with Gasteiger partial charge in [-0.15, -0.1) is 11.8 Å². The van der Waals surface area contributed by atoms with Gasteiger partial charge >= 0.3 is 0 Å². The highest BCUT2D eigenvalue weighted by atomic mass is 32.2. The normalized spacial score (nSPS) is 27.6. The van der Waals surface area contributed by atoms with Gasteiger partial charge in [-0.2, -0.15) is 5.10 Å². The van der Waals surface area contributed by atoms with Gasteiger partial charge in [0.05, 0.1) is 15.8 Å². The molecular weight excluding hydrogens is 316 g/mol. The fourth-order valence-corrected chi connectivity index (χ4v) is 6.10. The maximum Gasteiger partial charge on any atom is 0.223 e. The molecule has 1 aliphatic carbocycles. The molecule has 22 heavy (non-hydrogen) atoms. The summed E-state index contributed by atoms with van der Waals surface area (Å²) in [6, 6.07) is 0.884. The average molecular weight is 336 g/mol. The number of nitrogens with one attached hydrogen (secondary N) is 1. The number of fused-ring (bicyclic) bond motifs is 3. The van der Waals surface area contributed by atoms with Crippen molar-refractivity contribution in [2.45, 2.75) is 62.1 Å².